The van der Waals surface area contributed by atoms with Gasteiger partial charge in [0.25, 0.3) is 10.1 Å². The Morgan fingerprint density at radius 1 is 0.706 bits per heavy atom. The van der Waals surface area contributed by atoms with Crippen molar-refractivity contribution in [2.75, 3.05) is 97.5 Å². The van der Waals surface area contributed by atoms with Crippen LogP contribution in [0.3, 0.4) is 0 Å². The summed E-state index contributed by atoms with van der Waals surface area (Å²) in [6.07, 6.45) is 10.5. The molecule has 68 heavy (non-hydrogen) atoms. The highest BCUT2D eigenvalue weighted by atomic mass is 35.5. The first-order chi connectivity index (χ1) is 36.2. The van der Waals surface area contributed by atoms with Crippen LogP contribution in [0.15, 0.2) is 36.7 Å². The first-order valence-corrected chi connectivity index (χ1v) is 23.8. The number of hydrogen-bond donors (Lipinski definition) is 1. The van der Waals surface area contributed by atoms with E-state index in [1.807, 2.05) is 44.7 Å². The van der Waals surface area contributed by atoms with Crippen LogP contribution in [0.2, 0.25) is 0 Å². The molecule has 4 aromatic heterocycles. The van der Waals surface area contributed by atoms with E-state index in [1.165, 1.54) is 11.5 Å². The van der Waals surface area contributed by atoms with Crippen LogP contribution in [-0.4, -0.2) is 142 Å². The summed E-state index contributed by atoms with van der Waals surface area (Å²) in [7, 11) is 0.241. The number of nitrogens with zero attached hydrogens (tertiary/aromatic N) is 9. The molecule has 0 atom stereocenters. The largest absolute Gasteiger partial charge is 0.492 e. The minimum absolute atomic E-state index is 0. The molecule has 2 aliphatic carbocycles. The molecule has 0 unspecified atom stereocenters. The summed E-state index contributed by atoms with van der Waals surface area (Å²) in [5.41, 5.74) is 4.92. The van der Waals surface area contributed by atoms with Crippen LogP contribution in [0.25, 0.3) is 23.0 Å². The normalized spacial score (nSPS) is 16.3. The highest BCUT2D eigenvalue weighted by Gasteiger charge is 2.27. The lowest BCUT2D eigenvalue weighted by Crippen LogP contribution is -2.30. The molecular formula is C49H75ClN10O7S. The molecule has 0 saturated carbocycles. The molecule has 0 aromatic carbocycles. The molecule has 0 bridgehead atoms. The SMILES string of the molecule is CN(CC(=O)CC(C)(C)C)c1nc(-c2cc(OCCOS(C)(=O)=O)ccn2)nc2c1CCC2.Cl.[2H]C([2H])([2H])N(CCOc1ccnc(-c2nc3c(c(N(C)CC(=O)CC(C)(C)C)n2)CCC3)c1)C([2H])([2H])[2H].[2H]C([2H])([2H])NC([2H])([2H])[2H]. The van der Waals surface area contributed by atoms with Crippen LogP contribution >= 0.6 is 12.4 Å². The number of likely N-dealkylation sites (N-methyl/N-ethyl adjacent to an activating group) is 3. The van der Waals surface area contributed by atoms with E-state index < -0.39 is 38.0 Å². The predicted octanol–water partition coefficient (Wildman–Crippen LogP) is 6.49. The number of aromatic nitrogens is 6. The van der Waals surface area contributed by atoms with Crippen molar-refractivity contribution >= 4 is 45.7 Å². The Kier molecular flexibility index (Phi) is 15.8. The Balaban J connectivity index is 0.000000362. The molecule has 0 amide bonds. The summed E-state index contributed by atoms with van der Waals surface area (Å²) < 4.78 is 122. The Bertz CT molecular complexity index is 2800. The number of ether oxygens (including phenoxy) is 2. The molecule has 0 spiro atoms. The molecule has 0 aliphatic heterocycles. The van der Waals surface area contributed by atoms with Gasteiger partial charge in [0.15, 0.2) is 23.2 Å². The van der Waals surface area contributed by atoms with Crippen LogP contribution in [0, 0.1) is 10.8 Å². The second kappa shape index (κ2) is 26.2. The highest BCUT2D eigenvalue weighted by Crippen LogP contribution is 2.33. The molecule has 0 radical (unpaired) electrons. The van der Waals surface area contributed by atoms with E-state index in [1.54, 1.807) is 30.5 Å². The van der Waals surface area contributed by atoms with Crippen LogP contribution in [0.4, 0.5) is 11.6 Å². The Hall–Kier alpha value is -4.88. The predicted molar refractivity (Wildman–Crippen MR) is 272 cm³/mol. The summed E-state index contributed by atoms with van der Waals surface area (Å²) in [6, 6.07) is 6.63. The Morgan fingerprint density at radius 3 is 1.56 bits per heavy atom. The van der Waals surface area contributed by atoms with Gasteiger partial charge in [-0.05, 0) is 89.4 Å². The minimum Gasteiger partial charge on any atom is -0.492 e. The highest BCUT2D eigenvalue weighted by molar-refractivity contribution is 7.85. The average molecular weight is 996 g/mol. The van der Waals surface area contributed by atoms with E-state index in [4.69, 9.17) is 50.0 Å². The Morgan fingerprint density at radius 2 is 1.16 bits per heavy atom. The smallest absolute Gasteiger partial charge is 0.264 e. The van der Waals surface area contributed by atoms with Gasteiger partial charge >= 0.3 is 0 Å². The third-order valence-electron chi connectivity index (χ3n) is 9.98. The second-order valence-corrected chi connectivity index (χ2v) is 20.5. The topological polar surface area (TPSA) is 195 Å². The molecule has 17 nitrogen and oxygen atoms in total. The second-order valence-electron chi connectivity index (χ2n) is 18.8. The molecule has 376 valence electrons. The number of hydrogen-bond acceptors (Lipinski definition) is 17. The molecule has 0 saturated heterocycles. The average Bonchev–Trinajstić information content (AvgIpc) is 3.96. The molecule has 4 aromatic rings. The van der Waals surface area contributed by atoms with Crippen molar-refractivity contribution in [1.29, 1.82) is 0 Å². The number of aryl methyl sites for hydroxylation is 2. The minimum atomic E-state index is -3.51. The summed E-state index contributed by atoms with van der Waals surface area (Å²) in [5.74, 6) is 3.57. The van der Waals surface area contributed by atoms with Crippen LogP contribution < -0.4 is 24.6 Å². The van der Waals surface area contributed by atoms with Crippen LogP contribution in [0.5, 0.6) is 11.5 Å². The van der Waals surface area contributed by atoms with Crippen molar-refractivity contribution in [3.63, 3.8) is 0 Å². The van der Waals surface area contributed by atoms with Crippen molar-refractivity contribution in [3.8, 4) is 34.5 Å². The zero-order valence-corrected chi connectivity index (χ0v) is 42.2. The summed E-state index contributed by atoms with van der Waals surface area (Å²) in [4.78, 5) is 57.2. The lowest BCUT2D eigenvalue weighted by Gasteiger charge is -2.23. The number of nitrogens with one attached hydrogen (secondary N) is 1. The van der Waals surface area contributed by atoms with Crippen LogP contribution in [0.1, 0.15) is 106 Å². The first-order valence-electron chi connectivity index (χ1n) is 28.0. The molecule has 1 N–H and O–H groups in total. The standard InChI is InChI=1S/C24H35N5O2.C23H32N4O5S.C2H7N.ClH/c1-24(2,3)15-17(30)16-29(6)23-19-8-7-9-20(19)26-22(27-23)21-14-18(10-11-25-21)31-13-12-28(4)5;1-23(2,3)14-16(28)15-27(4)22-18-7-6-8-19(18)25-21(26-22)20-13-17(9-10-24-20)31-11-12-32-33(5,29)30;1-3-2;/h10-11,14H,7-9,12-13,15-16H2,1-6H3;9-10,13H,6-8,11-12,14-15H2,1-5H3;3H,1-2H3;1H/i4D3,5D3;;1D3,2D3;. The van der Waals surface area contributed by atoms with Gasteiger partial charge < -0.3 is 29.5 Å². The number of Topliss-reactive ketones (excluding diaryl/α,β-unsaturated/α-hetero) is 2. The van der Waals surface area contributed by atoms with Crippen LogP contribution in [-0.2, 0) is 49.6 Å². The number of halogens is 1. The number of fused-ring (bicyclic) bond motifs is 2. The van der Waals surface area contributed by atoms with Gasteiger partial charge in [-0.3, -0.25) is 23.7 Å². The number of pyridine rings is 2. The van der Waals surface area contributed by atoms with Gasteiger partial charge in [0.2, 0.25) is 0 Å². The first kappa shape index (κ1) is 41.0. The third-order valence-corrected chi connectivity index (χ3v) is 10.6. The van der Waals surface area contributed by atoms with E-state index in [0.717, 1.165) is 78.9 Å². The van der Waals surface area contributed by atoms with Crippen molar-refractivity contribution < 1.29 is 48.1 Å². The van der Waals surface area contributed by atoms with E-state index in [0.29, 0.717) is 52.3 Å². The zero-order valence-electron chi connectivity index (χ0n) is 52.6. The van der Waals surface area contributed by atoms with Gasteiger partial charge in [0.1, 0.15) is 54.3 Å². The molecule has 2 aliphatic rings. The molecule has 19 heteroatoms. The van der Waals surface area contributed by atoms with Crippen molar-refractivity contribution in [1.82, 2.24) is 40.1 Å². The molecule has 4 heterocycles. The number of carbonyl (C=O) groups is 2. The van der Waals surface area contributed by atoms with Gasteiger partial charge in [-0.25, -0.2) is 19.9 Å². The number of rotatable bonds is 19. The molecule has 0 fully saturated rings. The summed E-state index contributed by atoms with van der Waals surface area (Å²) in [5, 5.41) is 1.46. The van der Waals surface area contributed by atoms with Crippen molar-refractivity contribution in [2.24, 2.45) is 10.8 Å². The molecule has 6 rings (SSSR count). The van der Waals surface area contributed by atoms with Gasteiger partial charge in [0, 0.05) is 97.0 Å². The van der Waals surface area contributed by atoms with Gasteiger partial charge in [-0.1, -0.05) is 41.5 Å². The quantitative estimate of drug-likeness (QED) is 0.0790. The fourth-order valence-corrected chi connectivity index (χ4v) is 7.88. The fourth-order valence-electron chi connectivity index (χ4n) is 7.51. The fraction of sp³-hybridized carbons (Fsp3) is 0.592. The van der Waals surface area contributed by atoms with E-state index in [2.05, 4.69) is 30.7 Å². The number of carbonyl (C=O) groups excluding carboxylic acids is 2. The van der Waals surface area contributed by atoms with Crippen molar-refractivity contribution in [3.05, 3.63) is 59.2 Å². The Labute approximate surface area is 428 Å². The van der Waals surface area contributed by atoms with Crippen molar-refractivity contribution in [2.45, 2.75) is 92.9 Å². The molecular weight excluding hydrogens is 908 g/mol. The zero-order chi connectivity index (χ0) is 59.5. The maximum Gasteiger partial charge on any atom is 0.264 e. The van der Waals surface area contributed by atoms with E-state index in [9.17, 15) is 18.0 Å². The summed E-state index contributed by atoms with van der Waals surface area (Å²) >= 11 is 0. The van der Waals surface area contributed by atoms with E-state index in [-0.39, 0.29) is 74.3 Å². The maximum absolute atomic E-state index is 12.6. The number of ketones is 2. The number of anilines is 2. The van der Waals surface area contributed by atoms with Gasteiger partial charge in [-0.15, -0.1) is 12.4 Å². The maximum atomic E-state index is 12.6. The monoisotopic (exact) mass is 995 g/mol. The third kappa shape index (κ3) is 19.3. The van der Waals surface area contributed by atoms with E-state index >= 15 is 0 Å². The summed E-state index contributed by atoms with van der Waals surface area (Å²) in [6.45, 7) is 1.66. The van der Waals surface area contributed by atoms with Gasteiger partial charge in [0.05, 0.1) is 19.3 Å². The lowest BCUT2D eigenvalue weighted by molar-refractivity contribution is -0.120. The lowest BCUT2D eigenvalue weighted by atomic mass is 9.90. The van der Waals surface area contributed by atoms with Gasteiger partial charge in [-0.2, -0.15) is 8.42 Å².